The molecule has 2 rings (SSSR count). The van der Waals surface area contributed by atoms with Gasteiger partial charge in [-0.1, -0.05) is 31.2 Å². The highest BCUT2D eigenvalue weighted by molar-refractivity contribution is 6.04. The van der Waals surface area contributed by atoms with Gasteiger partial charge in [-0.2, -0.15) is 5.10 Å². The number of methoxy groups -OCH3 is 1. The summed E-state index contributed by atoms with van der Waals surface area (Å²) in [6.07, 6.45) is 0.573. The van der Waals surface area contributed by atoms with Crippen molar-refractivity contribution in [2.45, 2.75) is 13.3 Å². The lowest BCUT2D eigenvalue weighted by molar-refractivity contribution is 0.0951. The summed E-state index contributed by atoms with van der Waals surface area (Å²) >= 11 is 0. The van der Waals surface area contributed by atoms with E-state index >= 15 is 0 Å². The molecule has 0 fully saturated rings. The Bertz CT molecular complexity index is 696. The van der Waals surface area contributed by atoms with Crippen LogP contribution < -0.4 is 10.2 Å². The SMILES string of the molecule is CC/C(=N\NC(=O)c1ccccc1OC)c1ccccc1O. The number of ether oxygens (including phenoxy) is 1. The van der Waals surface area contributed by atoms with E-state index in [-0.39, 0.29) is 11.7 Å². The van der Waals surface area contributed by atoms with Gasteiger partial charge in [0.25, 0.3) is 5.91 Å². The van der Waals surface area contributed by atoms with Crippen LogP contribution in [0.5, 0.6) is 11.5 Å². The summed E-state index contributed by atoms with van der Waals surface area (Å²) in [6.45, 7) is 1.90. The third-order valence-electron chi connectivity index (χ3n) is 3.19. The summed E-state index contributed by atoms with van der Waals surface area (Å²) < 4.78 is 5.15. The Hall–Kier alpha value is -2.82. The number of hydrogen-bond donors (Lipinski definition) is 2. The first-order valence-corrected chi connectivity index (χ1v) is 6.95. The quantitative estimate of drug-likeness (QED) is 0.658. The minimum absolute atomic E-state index is 0.134. The molecule has 1 amide bonds. The standard InChI is InChI=1S/C17H18N2O3/c1-3-14(12-8-4-6-10-15(12)20)18-19-17(21)13-9-5-7-11-16(13)22-2/h4-11,20H,3H2,1-2H3,(H,19,21)/b18-14+. The maximum Gasteiger partial charge on any atom is 0.275 e. The molecule has 0 saturated carbocycles. The van der Waals surface area contributed by atoms with Crippen molar-refractivity contribution in [3.05, 3.63) is 59.7 Å². The Morgan fingerprint density at radius 3 is 2.41 bits per heavy atom. The molecular weight excluding hydrogens is 280 g/mol. The molecule has 0 bridgehead atoms. The van der Waals surface area contributed by atoms with Crippen molar-refractivity contribution in [1.82, 2.24) is 5.43 Å². The maximum absolute atomic E-state index is 12.2. The number of hydrazone groups is 1. The van der Waals surface area contributed by atoms with Crippen molar-refractivity contribution in [2.75, 3.05) is 7.11 Å². The number of phenolic OH excluding ortho intramolecular Hbond substituents is 1. The lowest BCUT2D eigenvalue weighted by Crippen LogP contribution is -2.20. The van der Waals surface area contributed by atoms with Crippen LogP contribution in [0.2, 0.25) is 0 Å². The number of para-hydroxylation sites is 2. The van der Waals surface area contributed by atoms with Gasteiger partial charge < -0.3 is 9.84 Å². The highest BCUT2D eigenvalue weighted by atomic mass is 16.5. The monoisotopic (exact) mass is 298 g/mol. The molecular formula is C17H18N2O3. The van der Waals surface area contributed by atoms with Crippen LogP contribution in [0, 0.1) is 0 Å². The smallest absolute Gasteiger partial charge is 0.275 e. The number of benzene rings is 2. The Morgan fingerprint density at radius 1 is 1.14 bits per heavy atom. The van der Waals surface area contributed by atoms with Gasteiger partial charge in [0.15, 0.2) is 0 Å². The van der Waals surface area contributed by atoms with E-state index in [1.165, 1.54) is 7.11 Å². The van der Waals surface area contributed by atoms with Crippen LogP contribution in [0.25, 0.3) is 0 Å². The van der Waals surface area contributed by atoms with Crippen molar-refractivity contribution in [2.24, 2.45) is 5.10 Å². The molecule has 0 unspecified atom stereocenters. The number of rotatable bonds is 5. The summed E-state index contributed by atoms with van der Waals surface area (Å²) in [5, 5.41) is 14.0. The van der Waals surface area contributed by atoms with E-state index in [0.717, 1.165) is 0 Å². The molecule has 0 aliphatic rings. The molecule has 0 atom stereocenters. The predicted molar refractivity (Wildman–Crippen MR) is 85.4 cm³/mol. The number of nitrogens with zero attached hydrogens (tertiary/aromatic N) is 1. The van der Waals surface area contributed by atoms with Crippen molar-refractivity contribution in [1.29, 1.82) is 0 Å². The average molecular weight is 298 g/mol. The first-order chi connectivity index (χ1) is 10.7. The van der Waals surface area contributed by atoms with E-state index in [2.05, 4.69) is 10.5 Å². The third-order valence-corrected chi connectivity index (χ3v) is 3.19. The van der Waals surface area contributed by atoms with E-state index < -0.39 is 0 Å². The van der Waals surface area contributed by atoms with Crippen molar-refractivity contribution in [3.63, 3.8) is 0 Å². The molecule has 0 spiro atoms. The fraction of sp³-hybridized carbons (Fsp3) is 0.176. The Labute approximate surface area is 129 Å². The van der Waals surface area contributed by atoms with Gasteiger partial charge in [0.2, 0.25) is 0 Å². The molecule has 0 saturated heterocycles. The van der Waals surface area contributed by atoms with Crippen LogP contribution in [-0.2, 0) is 0 Å². The van der Waals surface area contributed by atoms with Gasteiger partial charge in [0, 0.05) is 5.56 Å². The van der Waals surface area contributed by atoms with Crippen LogP contribution in [0.3, 0.4) is 0 Å². The fourth-order valence-electron chi connectivity index (χ4n) is 2.06. The van der Waals surface area contributed by atoms with E-state index in [0.29, 0.717) is 29.0 Å². The molecule has 5 heteroatoms. The highest BCUT2D eigenvalue weighted by Crippen LogP contribution is 2.19. The lowest BCUT2D eigenvalue weighted by atomic mass is 10.1. The molecule has 5 nitrogen and oxygen atoms in total. The number of carbonyl (C=O) groups excluding carboxylic acids is 1. The Balaban J connectivity index is 2.22. The first kappa shape index (κ1) is 15.6. The molecule has 0 aliphatic carbocycles. The zero-order valence-electron chi connectivity index (χ0n) is 12.5. The van der Waals surface area contributed by atoms with Crippen LogP contribution in [0.1, 0.15) is 29.3 Å². The van der Waals surface area contributed by atoms with Crippen LogP contribution >= 0.6 is 0 Å². The van der Waals surface area contributed by atoms with Gasteiger partial charge in [-0.3, -0.25) is 4.79 Å². The summed E-state index contributed by atoms with van der Waals surface area (Å²) in [6, 6.07) is 13.8. The minimum Gasteiger partial charge on any atom is -0.507 e. The summed E-state index contributed by atoms with van der Waals surface area (Å²) in [4.78, 5) is 12.2. The zero-order valence-corrected chi connectivity index (χ0v) is 12.5. The molecule has 22 heavy (non-hydrogen) atoms. The highest BCUT2D eigenvalue weighted by Gasteiger charge is 2.12. The normalized spacial score (nSPS) is 11.1. The summed E-state index contributed by atoms with van der Waals surface area (Å²) in [5.74, 6) is 0.254. The van der Waals surface area contributed by atoms with Crippen molar-refractivity contribution < 1.29 is 14.6 Å². The third kappa shape index (κ3) is 3.44. The summed E-state index contributed by atoms with van der Waals surface area (Å²) in [7, 11) is 1.51. The second-order valence-corrected chi connectivity index (χ2v) is 4.57. The molecule has 0 aliphatic heterocycles. The maximum atomic E-state index is 12.2. The van der Waals surface area contributed by atoms with Crippen LogP contribution in [-0.4, -0.2) is 23.8 Å². The minimum atomic E-state index is -0.362. The number of hydrogen-bond acceptors (Lipinski definition) is 4. The molecule has 2 aromatic rings. The van der Waals surface area contributed by atoms with Gasteiger partial charge in [0.1, 0.15) is 11.5 Å². The number of aromatic hydroxyl groups is 1. The molecule has 2 aromatic carbocycles. The Morgan fingerprint density at radius 2 is 1.77 bits per heavy atom. The van der Waals surface area contributed by atoms with Gasteiger partial charge in [-0.15, -0.1) is 0 Å². The number of carbonyl (C=O) groups is 1. The zero-order chi connectivity index (χ0) is 15.9. The summed E-state index contributed by atoms with van der Waals surface area (Å²) in [5.41, 5.74) is 4.11. The topological polar surface area (TPSA) is 70.9 Å². The van der Waals surface area contributed by atoms with Gasteiger partial charge in [0.05, 0.1) is 18.4 Å². The average Bonchev–Trinajstić information content (AvgIpc) is 2.56. The number of amides is 1. The predicted octanol–water partition coefficient (Wildman–Crippen LogP) is 2.94. The van der Waals surface area contributed by atoms with Crippen LogP contribution in [0.15, 0.2) is 53.6 Å². The van der Waals surface area contributed by atoms with Crippen molar-refractivity contribution >= 4 is 11.6 Å². The van der Waals surface area contributed by atoms with E-state index in [4.69, 9.17) is 4.74 Å². The largest absolute Gasteiger partial charge is 0.507 e. The van der Waals surface area contributed by atoms with Gasteiger partial charge in [-0.05, 0) is 30.7 Å². The van der Waals surface area contributed by atoms with E-state index in [1.54, 1.807) is 42.5 Å². The molecule has 0 aromatic heterocycles. The van der Waals surface area contributed by atoms with E-state index in [1.807, 2.05) is 13.0 Å². The fourth-order valence-corrected chi connectivity index (χ4v) is 2.06. The lowest BCUT2D eigenvalue weighted by Gasteiger charge is -2.09. The molecule has 114 valence electrons. The number of nitrogens with one attached hydrogen (secondary N) is 1. The second kappa shape index (κ2) is 7.26. The second-order valence-electron chi connectivity index (χ2n) is 4.57. The number of phenols is 1. The van der Waals surface area contributed by atoms with E-state index in [9.17, 15) is 9.90 Å². The van der Waals surface area contributed by atoms with Crippen LogP contribution in [0.4, 0.5) is 0 Å². The molecule has 0 radical (unpaired) electrons. The molecule has 2 N–H and O–H groups in total. The van der Waals surface area contributed by atoms with Crippen molar-refractivity contribution in [3.8, 4) is 11.5 Å². The molecule has 0 heterocycles. The van der Waals surface area contributed by atoms with Gasteiger partial charge in [-0.25, -0.2) is 5.43 Å². The first-order valence-electron chi connectivity index (χ1n) is 6.95. The Kier molecular flexibility index (Phi) is 5.14. The van der Waals surface area contributed by atoms with Gasteiger partial charge >= 0.3 is 0 Å².